The van der Waals surface area contributed by atoms with Gasteiger partial charge in [0.1, 0.15) is 5.69 Å². The molecule has 0 radical (unpaired) electrons. The van der Waals surface area contributed by atoms with Crippen LogP contribution in [0, 0.1) is 10.1 Å². The summed E-state index contributed by atoms with van der Waals surface area (Å²) in [5.41, 5.74) is -0.0482. The molecule has 0 spiro atoms. The van der Waals surface area contributed by atoms with E-state index in [2.05, 4.69) is 10.3 Å². The van der Waals surface area contributed by atoms with Gasteiger partial charge in [-0.1, -0.05) is 35.5 Å². The summed E-state index contributed by atoms with van der Waals surface area (Å²) in [5.74, 6) is -0.620. The number of halogens is 1. The summed E-state index contributed by atoms with van der Waals surface area (Å²) < 4.78 is 1.42. The lowest BCUT2D eigenvalue weighted by molar-refractivity contribution is -0.383. The van der Waals surface area contributed by atoms with Crippen LogP contribution in [0.1, 0.15) is 6.42 Å². The van der Waals surface area contributed by atoms with Gasteiger partial charge in [0.15, 0.2) is 5.16 Å². The summed E-state index contributed by atoms with van der Waals surface area (Å²) in [5, 5.41) is 23.7. The molecule has 1 amide bonds. The third-order valence-corrected chi connectivity index (χ3v) is 5.34. The average molecular weight is 449 g/mol. The Morgan fingerprint density at radius 2 is 2.07 bits per heavy atom. The van der Waals surface area contributed by atoms with E-state index in [-0.39, 0.29) is 40.9 Å². The van der Waals surface area contributed by atoms with Crippen molar-refractivity contribution in [1.82, 2.24) is 9.55 Å². The van der Waals surface area contributed by atoms with Gasteiger partial charge in [0.05, 0.1) is 21.6 Å². The van der Waals surface area contributed by atoms with E-state index in [1.54, 1.807) is 24.3 Å². The average Bonchev–Trinajstić information content (AvgIpc) is 2.73. The molecule has 0 saturated heterocycles. The molecule has 30 heavy (non-hydrogen) atoms. The first-order chi connectivity index (χ1) is 14.4. The molecule has 3 rings (SSSR count). The molecule has 0 bridgehead atoms. The van der Waals surface area contributed by atoms with Crippen molar-refractivity contribution in [2.75, 3.05) is 17.7 Å². The number of amides is 1. The summed E-state index contributed by atoms with van der Waals surface area (Å²) in [6.45, 7) is 0.157. The van der Waals surface area contributed by atoms with Crippen LogP contribution in [0.2, 0.25) is 5.02 Å². The van der Waals surface area contributed by atoms with E-state index >= 15 is 0 Å². The van der Waals surface area contributed by atoms with Gasteiger partial charge >= 0.3 is 0 Å². The minimum Gasteiger partial charge on any atom is -0.396 e. The molecule has 0 fully saturated rings. The molecule has 1 aromatic heterocycles. The zero-order chi connectivity index (χ0) is 21.7. The van der Waals surface area contributed by atoms with Crippen LogP contribution in [-0.4, -0.2) is 37.8 Å². The number of aliphatic hydroxyl groups excluding tert-OH is 1. The standard InChI is InChI=1S/C19H17ClN4O5S/c20-12-6-7-15(16(10-12)24(28)29)21-17(26)11-30-19-22-14-5-2-1-4-13(14)18(27)23(19)8-3-9-25/h1-2,4-7,10,25H,3,8-9,11H2,(H,21,26). The highest BCUT2D eigenvalue weighted by Gasteiger charge is 2.18. The number of nitrogens with one attached hydrogen (secondary N) is 1. The number of hydrogen-bond acceptors (Lipinski definition) is 7. The number of rotatable bonds is 8. The predicted molar refractivity (Wildman–Crippen MR) is 115 cm³/mol. The number of carbonyl (C=O) groups is 1. The monoisotopic (exact) mass is 448 g/mol. The van der Waals surface area contributed by atoms with E-state index in [1.165, 1.54) is 16.7 Å². The topological polar surface area (TPSA) is 127 Å². The lowest BCUT2D eigenvalue weighted by atomic mass is 10.2. The lowest BCUT2D eigenvalue weighted by Crippen LogP contribution is -2.25. The summed E-state index contributed by atoms with van der Waals surface area (Å²) in [4.78, 5) is 40.2. The van der Waals surface area contributed by atoms with Crippen LogP contribution in [0.4, 0.5) is 11.4 Å². The quantitative estimate of drug-likeness (QED) is 0.234. The number of nitrogens with zero attached hydrogens (tertiary/aromatic N) is 3. The first-order valence-electron chi connectivity index (χ1n) is 8.87. The molecule has 11 heteroatoms. The first kappa shape index (κ1) is 21.8. The van der Waals surface area contributed by atoms with Crippen LogP contribution >= 0.6 is 23.4 Å². The number of aromatic nitrogens is 2. The molecule has 2 aromatic carbocycles. The van der Waals surface area contributed by atoms with E-state index < -0.39 is 10.8 Å². The third kappa shape index (κ3) is 4.96. The van der Waals surface area contributed by atoms with E-state index in [1.807, 2.05) is 0 Å². The van der Waals surface area contributed by atoms with Crippen LogP contribution in [0.5, 0.6) is 0 Å². The molecular formula is C19H17ClN4O5S. The number of carbonyl (C=O) groups excluding carboxylic acids is 1. The van der Waals surface area contributed by atoms with Gasteiger partial charge < -0.3 is 10.4 Å². The van der Waals surface area contributed by atoms with Crippen molar-refractivity contribution >= 4 is 51.5 Å². The maximum atomic E-state index is 12.8. The van der Waals surface area contributed by atoms with Crippen LogP contribution < -0.4 is 10.9 Å². The van der Waals surface area contributed by atoms with E-state index in [0.29, 0.717) is 22.5 Å². The number of nitro benzene ring substituents is 1. The van der Waals surface area contributed by atoms with Crippen molar-refractivity contribution in [2.45, 2.75) is 18.1 Å². The number of para-hydroxylation sites is 1. The van der Waals surface area contributed by atoms with Gasteiger partial charge in [-0.05, 0) is 30.7 Å². The summed E-state index contributed by atoms with van der Waals surface area (Å²) in [7, 11) is 0. The van der Waals surface area contributed by atoms with Gasteiger partial charge in [0.2, 0.25) is 5.91 Å². The summed E-state index contributed by atoms with van der Waals surface area (Å²) in [6.07, 6.45) is 0.358. The fourth-order valence-electron chi connectivity index (χ4n) is 2.76. The lowest BCUT2D eigenvalue weighted by Gasteiger charge is -2.12. The molecule has 0 saturated carbocycles. The van der Waals surface area contributed by atoms with Gasteiger partial charge in [-0.25, -0.2) is 4.98 Å². The largest absolute Gasteiger partial charge is 0.396 e. The maximum Gasteiger partial charge on any atom is 0.294 e. The number of benzene rings is 2. The molecule has 156 valence electrons. The predicted octanol–water partition coefficient (Wildman–Crippen LogP) is 3.07. The Hall–Kier alpha value is -2.95. The third-order valence-electron chi connectivity index (χ3n) is 4.13. The van der Waals surface area contributed by atoms with Gasteiger partial charge in [-0.2, -0.15) is 0 Å². The molecule has 0 atom stereocenters. The zero-order valence-electron chi connectivity index (χ0n) is 15.6. The van der Waals surface area contributed by atoms with E-state index in [4.69, 9.17) is 16.7 Å². The normalized spacial score (nSPS) is 10.9. The van der Waals surface area contributed by atoms with Crippen molar-refractivity contribution in [3.63, 3.8) is 0 Å². The fraction of sp³-hybridized carbons (Fsp3) is 0.211. The smallest absolute Gasteiger partial charge is 0.294 e. The second-order valence-corrected chi connectivity index (χ2v) is 7.58. The van der Waals surface area contributed by atoms with Crippen LogP contribution in [0.3, 0.4) is 0 Å². The second-order valence-electron chi connectivity index (χ2n) is 6.20. The highest BCUT2D eigenvalue weighted by atomic mass is 35.5. The molecule has 0 aliphatic carbocycles. The summed E-state index contributed by atoms with van der Waals surface area (Å²) in [6, 6.07) is 10.8. The highest BCUT2D eigenvalue weighted by Crippen LogP contribution is 2.28. The first-order valence-corrected chi connectivity index (χ1v) is 10.2. The van der Waals surface area contributed by atoms with Crippen molar-refractivity contribution in [2.24, 2.45) is 0 Å². The minimum absolute atomic E-state index is 0.0270. The molecule has 3 aromatic rings. The number of fused-ring (bicyclic) bond motifs is 1. The van der Waals surface area contributed by atoms with Gasteiger partial charge in [0, 0.05) is 24.2 Å². The Bertz CT molecular complexity index is 1170. The number of hydrogen-bond donors (Lipinski definition) is 2. The molecular weight excluding hydrogens is 432 g/mol. The number of anilines is 1. The Morgan fingerprint density at radius 1 is 1.30 bits per heavy atom. The molecule has 0 aliphatic heterocycles. The fourth-order valence-corrected chi connectivity index (χ4v) is 3.75. The van der Waals surface area contributed by atoms with Gasteiger partial charge in [-0.15, -0.1) is 0 Å². The van der Waals surface area contributed by atoms with Crippen LogP contribution in [-0.2, 0) is 11.3 Å². The number of thioether (sulfide) groups is 1. The highest BCUT2D eigenvalue weighted by molar-refractivity contribution is 7.99. The second kappa shape index (κ2) is 9.70. The van der Waals surface area contributed by atoms with Crippen LogP contribution in [0.15, 0.2) is 52.4 Å². The molecule has 2 N–H and O–H groups in total. The minimum atomic E-state index is -0.633. The molecule has 0 unspecified atom stereocenters. The van der Waals surface area contributed by atoms with Crippen molar-refractivity contribution in [3.8, 4) is 0 Å². The van der Waals surface area contributed by atoms with E-state index in [0.717, 1.165) is 17.8 Å². The Labute approximate surface area is 179 Å². The van der Waals surface area contributed by atoms with Crippen molar-refractivity contribution in [1.29, 1.82) is 0 Å². The Kier molecular flexibility index (Phi) is 7.03. The van der Waals surface area contributed by atoms with E-state index in [9.17, 15) is 19.7 Å². The van der Waals surface area contributed by atoms with Crippen molar-refractivity contribution in [3.05, 3.63) is 68.0 Å². The van der Waals surface area contributed by atoms with Crippen molar-refractivity contribution < 1.29 is 14.8 Å². The Balaban J connectivity index is 1.82. The van der Waals surface area contributed by atoms with Gasteiger partial charge in [0.25, 0.3) is 11.2 Å². The SMILES string of the molecule is O=C(CSc1nc2ccccc2c(=O)n1CCCO)Nc1ccc(Cl)cc1[N+](=O)[O-]. The molecule has 0 aliphatic rings. The Morgan fingerprint density at radius 3 is 2.80 bits per heavy atom. The maximum absolute atomic E-state index is 12.8. The number of nitro groups is 1. The summed E-state index contributed by atoms with van der Waals surface area (Å²) >= 11 is 6.81. The van der Waals surface area contributed by atoms with Crippen LogP contribution in [0.25, 0.3) is 10.9 Å². The molecule has 1 heterocycles. The zero-order valence-corrected chi connectivity index (χ0v) is 17.2. The van der Waals surface area contributed by atoms with Gasteiger partial charge in [-0.3, -0.25) is 24.3 Å². The number of aliphatic hydroxyl groups is 1. The molecule has 9 nitrogen and oxygen atoms in total.